The lowest BCUT2D eigenvalue weighted by Gasteiger charge is -2.33. The van der Waals surface area contributed by atoms with Gasteiger partial charge in [0.2, 0.25) is 5.91 Å². The summed E-state index contributed by atoms with van der Waals surface area (Å²) in [4.78, 5) is 14.4. The maximum Gasteiger partial charge on any atom is 0.416 e. The van der Waals surface area contributed by atoms with Crippen LogP contribution in [0.2, 0.25) is 0 Å². The number of likely N-dealkylation sites (tertiary alicyclic amines) is 1. The molecule has 2 saturated heterocycles. The Bertz CT molecular complexity index is 603. The molecule has 2 aliphatic rings. The van der Waals surface area contributed by atoms with Crippen LogP contribution in [0.3, 0.4) is 0 Å². The SMILES string of the molecule is Cl.O=C(NCC1CCCN(Cc2ccc(C(F)(F)F)cc2)C1)C1CCCN1. The number of hydrogen-bond donors (Lipinski definition) is 2. The molecule has 2 heterocycles. The number of halogens is 4. The highest BCUT2D eigenvalue weighted by molar-refractivity contribution is 5.85. The zero-order valence-corrected chi connectivity index (χ0v) is 16.0. The Balaban J connectivity index is 0.00000261. The molecule has 0 aromatic heterocycles. The molecular weight excluding hydrogens is 379 g/mol. The standard InChI is InChI=1S/C19H26F3N3O.ClH/c20-19(21,22)16-7-5-14(6-8-16)12-25-10-2-3-15(13-25)11-24-18(26)17-4-1-9-23-17;/h5-8,15,17,23H,1-4,9-13H2,(H,24,26);1H. The van der Waals surface area contributed by atoms with Gasteiger partial charge in [0.25, 0.3) is 0 Å². The van der Waals surface area contributed by atoms with Crippen LogP contribution in [0.25, 0.3) is 0 Å². The number of rotatable bonds is 5. The zero-order valence-electron chi connectivity index (χ0n) is 15.2. The van der Waals surface area contributed by atoms with Gasteiger partial charge in [0.05, 0.1) is 11.6 Å². The maximum absolute atomic E-state index is 12.6. The van der Waals surface area contributed by atoms with Crippen LogP contribution >= 0.6 is 12.4 Å². The van der Waals surface area contributed by atoms with Crippen molar-refractivity contribution in [1.29, 1.82) is 0 Å². The van der Waals surface area contributed by atoms with Gasteiger partial charge >= 0.3 is 6.18 Å². The summed E-state index contributed by atoms with van der Waals surface area (Å²) in [6.07, 6.45) is -0.231. The van der Waals surface area contributed by atoms with E-state index in [2.05, 4.69) is 15.5 Å². The first-order valence-electron chi connectivity index (χ1n) is 9.31. The fourth-order valence-electron chi connectivity index (χ4n) is 3.80. The fraction of sp³-hybridized carbons (Fsp3) is 0.632. The summed E-state index contributed by atoms with van der Waals surface area (Å²) in [6.45, 7) is 4.02. The summed E-state index contributed by atoms with van der Waals surface area (Å²) < 4.78 is 37.9. The lowest BCUT2D eigenvalue weighted by Crippen LogP contribution is -2.45. The summed E-state index contributed by atoms with van der Waals surface area (Å²) in [5.74, 6) is 0.478. The van der Waals surface area contributed by atoms with Crippen molar-refractivity contribution in [2.24, 2.45) is 5.92 Å². The van der Waals surface area contributed by atoms with Crippen LogP contribution in [0.5, 0.6) is 0 Å². The average molecular weight is 406 g/mol. The third kappa shape index (κ3) is 6.36. The summed E-state index contributed by atoms with van der Waals surface area (Å²) in [5, 5.41) is 6.25. The fourth-order valence-corrected chi connectivity index (χ4v) is 3.80. The van der Waals surface area contributed by atoms with E-state index in [9.17, 15) is 18.0 Å². The van der Waals surface area contributed by atoms with Crippen molar-refractivity contribution in [2.45, 2.75) is 44.4 Å². The number of amides is 1. The minimum absolute atomic E-state index is 0. The number of benzene rings is 1. The van der Waals surface area contributed by atoms with Crippen molar-refractivity contribution in [3.8, 4) is 0 Å². The first kappa shape index (κ1) is 22.0. The van der Waals surface area contributed by atoms with Crippen LogP contribution < -0.4 is 10.6 Å². The molecule has 27 heavy (non-hydrogen) atoms. The van der Waals surface area contributed by atoms with E-state index >= 15 is 0 Å². The van der Waals surface area contributed by atoms with Gasteiger partial charge in [-0.3, -0.25) is 9.69 Å². The van der Waals surface area contributed by atoms with E-state index in [1.54, 1.807) is 12.1 Å². The first-order valence-corrected chi connectivity index (χ1v) is 9.31. The van der Waals surface area contributed by atoms with Crippen LogP contribution in [0.1, 0.15) is 36.8 Å². The largest absolute Gasteiger partial charge is 0.416 e. The van der Waals surface area contributed by atoms with Gasteiger partial charge in [-0.05, 0) is 62.4 Å². The molecule has 0 bridgehead atoms. The van der Waals surface area contributed by atoms with E-state index in [1.165, 1.54) is 0 Å². The van der Waals surface area contributed by atoms with Gasteiger partial charge in [0, 0.05) is 19.6 Å². The Labute approximate surface area is 164 Å². The van der Waals surface area contributed by atoms with E-state index < -0.39 is 11.7 Å². The van der Waals surface area contributed by atoms with Crippen molar-refractivity contribution < 1.29 is 18.0 Å². The topological polar surface area (TPSA) is 44.4 Å². The molecule has 1 aromatic carbocycles. The predicted octanol–water partition coefficient (Wildman–Crippen LogP) is 3.21. The lowest BCUT2D eigenvalue weighted by atomic mass is 9.97. The molecule has 0 radical (unpaired) electrons. The molecule has 0 saturated carbocycles. The maximum atomic E-state index is 12.6. The molecule has 2 unspecified atom stereocenters. The minimum Gasteiger partial charge on any atom is -0.354 e. The monoisotopic (exact) mass is 405 g/mol. The normalized spacial score (nSPS) is 23.7. The Morgan fingerprint density at radius 2 is 1.93 bits per heavy atom. The Morgan fingerprint density at radius 1 is 1.19 bits per heavy atom. The van der Waals surface area contributed by atoms with Crippen LogP contribution in [0.15, 0.2) is 24.3 Å². The van der Waals surface area contributed by atoms with Crippen LogP contribution in [0.4, 0.5) is 13.2 Å². The molecule has 2 fully saturated rings. The molecule has 2 aliphatic heterocycles. The molecular formula is C19H27ClF3N3O. The zero-order chi connectivity index (χ0) is 18.6. The van der Waals surface area contributed by atoms with E-state index in [4.69, 9.17) is 0 Å². The third-order valence-corrected chi connectivity index (χ3v) is 5.23. The molecule has 4 nitrogen and oxygen atoms in total. The van der Waals surface area contributed by atoms with E-state index in [0.717, 1.165) is 63.0 Å². The third-order valence-electron chi connectivity index (χ3n) is 5.23. The number of carbonyl (C=O) groups excluding carboxylic acids is 1. The van der Waals surface area contributed by atoms with E-state index in [0.29, 0.717) is 19.0 Å². The second-order valence-electron chi connectivity index (χ2n) is 7.33. The van der Waals surface area contributed by atoms with Crippen LogP contribution in [-0.4, -0.2) is 43.0 Å². The van der Waals surface area contributed by atoms with Crippen molar-refractivity contribution >= 4 is 18.3 Å². The van der Waals surface area contributed by atoms with Gasteiger partial charge in [-0.2, -0.15) is 13.2 Å². The molecule has 3 rings (SSSR count). The van der Waals surface area contributed by atoms with Gasteiger partial charge in [-0.1, -0.05) is 12.1 Å². The van der Waals surface area contributed by atoms with E-state index in [1.807, 2.05) is 0 Å². The summed E-state index contributed by atoms with van der Waals surface area (Å²) in [5.41, 5.74) is 0.277. The highest BCUT2D eigenvalue weighted by Crippen LogP contribution is 2.29. The van der Waals surface area contributed by atoms with Crippen LogP contribution in [0, 0.1) is 5.92 Å². The lowest BCUT2D eigenvalue weighted by molar-refractivity contribution is -0.137. The molecule has 152 valence electrons. The molecule has 1 amide bonds. The number of alkyl halides is 3. The van der Waals surface area contributed by atoms with Gasteiger partial charge < -0.3 is 10.6 Å². The van der Waals surface area contributed by atoms with Gasteiger partial charge in [0.1, 0.15) is 0 Å². The highest BCUT2D eigenvalue weighted by Gasteiger charge is 2.30. The van der Waals surface area contributed by atoms with E-state index in [-0.39, 0.29) is 24.4 Å². The number of piperidine rings is 1. The minimum atomic E-state index is -4.29. The Morgan fingerprint density at radius 3 is 2.56 bits per heavy atom. The molecule has 2 atom stereocenters. The number of hydrogen-bond acceptors (Lipinski definition) is 3. The van der Waals surface area contributed by atoms with Crippen molar-refractivity contribution in [1.82, 2.24) is 15.5 Å². The second-order valence-corrected chi connectivity index (χ2v) is 7.33. The van der Waals surface area contributed by atoms with Crippen molar-refractivity contribution in [2.75, 3.05) is 26.2 Å². The number of nitrogens with one attached hydrogen (secondary N) is 2. The summed E-state index contributed by atoms with van der Waals surface area (Å²) >= 11 is 0. The van der Waals surface area contributed by atoms with Gasteiger partial charge in [-0.25, -0.2) is 0 Å². The Hall–Kier alpha value is -1.31. The second kappa shape index (κ2) is 9.75. The smallest absolute Gasteiger partial charge is 0.354 e. The van der Waals surface area contributed by atoms with Crippen molar-refractivity contribution in [3.05, 3.63) is 35.4 Å². The predicted molar refractivity (Wildman–Crippen MR) is 101 cm³/mol. The first-order chi connectivity index (χ1) is 12.4. The van der Waals surface area contributed by atoms with Gasteiger partial charge in [-0.15, -0.1) is 12.4 Å². The molecule has 2 N–H and O–H groups in total. The average Bonchev–Trinajstić information content (AvgIpc) is 3.14. The number of nitrogens with zero attached hydrogens (tertiary/aromatic N) is 1. The quantitative estimate of drug-likeness (QED) is 0.790. The molecule has 0 spiro atoms. The molecule has 0 aliphatic carbocycles. The van der Waals surface area contributed by atoms with Crippen molar-refractivity contribution in [3.63, 3.8) is 0 Å². The molecule has 8 heteroatoms. The summed E-state index contributed by atoms with van der Waals surface area (Å²) in [7, 11) is 0. The number of carbonyl (C=O) groups is 1. The highest BCUT2D eigenvalue weighted by atomic mass is 35.5. The van der Waals surface area contributed by atoms with Crippen LogP contribution in [-0.2, 0) is 17.5 Å². The Kier molecular flexibility index (Phi) is 7.94. The van der Waals surface area contributed by atoms with Gasteiger partial charge in [0.15, 0.2) is 0 Å². The summed E-state index contributed by atoms with van der Waals surface area (Å²) in [6, 6.07) is 5.35. The molecule has 1 aromatic rings.